The second kappa shape index (κ2) is 8.47. The van der Waals surface area contributed by atoms with E-state index in [2.05, 4.69) is 20.3 Å². The van der Waals surface area contributed by atoms with Gasteiger partial charge in [-0.2, -0.15) is 0 Å². The molecule has 4 aromatic rings. The molecule has 0 spiro atoms. The number of nitrogens with one attached hydrogen (secondary N) is 1. The van der Waals surface area contributed by atoms with Crippen LogP contribution in [0.2, 0.25) is 0 Å². The van der Waals surface area contributed by atoms with Gasteiger partial charge in [-0.25, -0.2) is 15.0 Å². The third-order valence-corrected chi connectivity index (χ3v) is 5.20. The summed E-state index contributed by atoms with van der Waals surface area (Å²) in [5, 5.41) is 3.96. The van der Waals surface area contributed by atoms with Gasteiger partial charge in [0.05, 0.1) is 16.8 Å². The van der Waals surface area contributed by atoms with Gasteiger partial charge in [0.2, 0.25) is 5.95 Å². The van der Waals surface area contributed by atoms with Crippen LogP contribution in [0, 0.1) is 13.8 Å². The monoisotopic (exact) mass is 412 g/mol. The molecule has 7 nitrogen and oxygen atoms in total. The summed E-state index contributed by atoms with van der Waals surface area (Å²) in [7, 11) is 0. The lowest BCUT2D eigenvalue weighted by atomic mass is 9.96. The van der Waals surface area contributed by atoms with Crippen LogP contribution in [0.25, 0.3) is 22.2 Å². The molecule has 0 radical (unpaired) electrons. The standard InChI is InChI=1S/C24H24N6O/c1-14-6-7-20-19(9-14)21(16(3)22(30-20)18-12-27-24(25)28-13-18)23(31)29-15(2)10-17-5-4-8-26-11-17/h4-9,11-13,15H,10H2,1-3H3,(H,29,31)(H2,25,27,28)/t15-/m0/s1. The van der Waals surface area contributed by atoms with Crippen molar-refractivity contribution in [2.24, 2.45) is 0 Å². The van der Waals surface area contributed by atoms with Gasteiger partial charge in [0.1, 0.15) is 0 Å². The number of benzene rings is 1. The average Bonchev–Trinajstić information content (AvgIpc) is 2.74. The van der Waals surface area contributed by atoms with E-state index in [1.807, 2.05) is 57.3 Å². The van der Waals surface area contributed by atoms with Gasteiger partial charge >= 0.3 is 0 Å². The molecule has 1 atom stereocenters. The highest BCUT2D eigenvalue weighted by Gasteiger charge is 2.21. The summed E-state index contributed by atoms with van der Waals surface area (Å²) in [6.45, 7) is 5.90. The molecule has 4 rings (SSSR count). The first-order chi connectivity index (χ1) is 14.9. The van der Waals surface area contributed by atoms with Crippen LogP contribution < -0.4 is 11.1 Å². The van der Waals surface area contributed by atoms with Crippen LogP contribution in [-0.4, -0.2) is 31.9 Å². The molecule has 0 fully saturated rings. The molecule has 1 aromatic carbocycles. The number of amides is 1. The molecule has 156 valence electrons. The van der Waals surface area contributed by atoms with Crippen LogP contribution in [0.5, 0.6) is 0 Å². The minimum atomic E-state index is -0.135. The van der Waals surface area contributed by atoms with E-state index in [0.29, 0.717) is 23.2 Å². The molecule has 1 amide bonds. The van der Waals surface area contributed by atoms with Gasteiger partial charge in [0, 0.05) is 41.8 Å². The molecule has 0 bridgehead atoms. The summed E-state index contributed by atoms with van der Waals surface area (Å²) < 4.78 is 0. The third-order valence-electron chi connectivity index (χ3n) is 5.20. The van der Waals surface area contributed by atoms with Crippen molar-refractivity contribution in [3.05, 3.63) is 77.4 Å². The molecule has 3 aromatic heterocycles. The van der Waals surface area contributed by atoms with E-state index in [9.17, 15) is 4.79 Å². The van der Waals surface area contributed by atoms with Crippen LogP contribution in [0.4, 0.5) is 5.95 Å². The number of aryl methyl sites for hydroxylation is 1. The number of carbonyl (C=O) groups is 1. The molecule has 0 saturated heterocycles. The van der Waals surface area contributed by atoms with Gasteiger partial charge in [-0.15, -0.1) is 0 Å². The molecule has 3 N–H and O–H groups in total. The fourth-order valence-corrected chi connectivity index (χ4v) is 3.73. The van der Waals surface area contributed by atoms with E-state index >= 15 is 0 Å². The second-order valence-corrected chi connectivity index (χ2v) is 7.75. The van der Waals surface area contributed by atoms with Gasteiger partial charge in [-0.05, 0) is 56.5 Å². The van der Waals surface area contributed by atoms with Crippen molar-refractivity contribution in [2.75, 3.05) is 5.73 Å². The minimum absolute atomic E-state index is 0.0626. The third kappa shape index (κ3) is 4.35. The van der Waals surface area contributed by atoms with E-state index in [1.165, 1.54) is 0 Å². The number of pyridine rings is 2. The Hall–Kier alpha value is -3.87. The van der Waals surface area contributed by atoms with Crippen molar-refractivity contribution in [1.82, 2.24) is 25.3 Å². The van der Waals surface area contributed by atoms with Gasteiger partial charge in [0.15, 0.2) is 0 Å². The number of hydrogen-bond donors (Lipinski definition) is 2. The second-order valence-electron chi connectivity index (χ2n) is 7.75. The Morgan fingerprint density at radius 2 is 1.90 bits per heavy atom. The first kappa shape index (κ1) is 20.4. The number of fused-ring (bicyclic) bond motifs is 1. The fourth-order valence-electron chi connectivity index (χ4n) is 3.73. The number of hydrogen-bond acceptors (Lipinski definition) is 6. The van der Waals surface area contributed by atoms with Crippen molar-refractivity contribution in [3.63, 3.8) is 0 Å². The average molecular weight is 412 g/mol. The quantitative estimate of drug-likeness (QED) is 0.518. The molecule has 7 heteroatoms. The topological polar surface area (TPSA) is 107 Å². The molecule has 3 heterocycles. The number of anilines is 1. The first-order valence-corrected chi connectivity index (χ1v) is 10.1. The van der Waals surface area contributed by atoms with Gasteiger partial charge in [-0.1, -0.05) is 17.7 Å². The first-order valence-electron chi connectivity index (χ1n) is 10.1. The molecular weight excluding hydrogens is 388 g/mol. The zero-order valence-electron chi connectivity index (χ0n) is 17.8. The van der Waals surface area contributed by atoms with Gasteiger partial charge in [0.25, 0.3) is 5.91 Å². The van der Waals surface area contributed by atoms with Crippen molar-refractivity contribution in [3.8, 4) is 11.3 Å². The minimum Gasteiger partial charge on any atom is -0.368 e. The summed E-state index contributed by atoms with van der Waals surface area (Å²) in [5.74, 6) is 0.0597. The van der Waals surface area contributed by atoms with Gasteiger partial charge < -0.3 is 11.1 Å². The predicted molar refractivity (Wildman–Crippen MR) is 122 cm³/mol. The molecule has 0 aliphatic carbocycles. The maximum Gasteiger partial charge on any atom is 0.252 e. The van der Waals surface area contributed by atoms with E-state index in [4.69, 9.17) is 10.7 Å². The van der Waals surface area contributed by atoms with Crippen LogP contribution in [0.15, 0.2) is 55.1 Å². The largest absolute Gasteiger partial charge is 0.368 e. The molecule has 0 saturated carbocycles. The maximum absolute atomic E-state index is 13.4. The number of aromatic nitrogens is 4. The number of carbonyl (C=O) groups excluding carboxylic acids is 1. The Morgan fingerprint density at radius 3 is 2.61 bits per heavy atom. The Bertz CT molecular complexity index is 1240. The summed E-state index contributed by atoms with van der Waals surface area (Å²) in [4.78, 5) is 30.5. The Balaban J connectivity index is 1.75. The lowest BCUT2D eigenvalue weighted by Gasteiger charge is -2.18. The maximum atomic E-state index is 13.4. The molecule has 31 heavy (non-hydrogen) atoms. The van der Waals surface area contributed by atoms with E-state index < -0.39 is 0 Å². The summed E-state index contributed by atoms with van der Waals surface area (Å²) >= 11 is 0. The molecule has 0 unspecified atom stereocenters. The number of nitrogens with two attached hydrogens (primary N) is 1. The highest BCUT2D eigenvalue weighted by atomic mass is 16.1. The summed E-state index contributed by atoms with van der Waals surface area (Å²) in [5.41, 5.74) is 11.3. The van der Waals surface area contributed by atoms with E-state index in [0.717, 1.165) is 27.6 Å². The Kier molecular flexibility index (Phi) is 5.58. The lowest BCUT2D eigenvalue weighted by molar-refractivity contribution is 0.0941. The van der Waals surface area contributed by atoms with Crippen LogP contribution >= 0.6 is 0 Å². The number of nitrogens with zero attached hydrogens (tertiary/aromatic N) is 4. The normalized spacial score (nSPS) is 12.0. The molecular formula is C24H24N6O. The summed E-state index contributed by atoms with van der Waals surface area (Å²) in [6, 6.07) is 9.76. The lowest BCUT2D eigenvalue weighted by Crippen LogP contribution is -2.34. The smallest absolute Gasteiger partial charge is 0.252 e. The Labute approximate surface area is 180 Å². The fraction of sp³-hybridized carbons (Fsp3) is 0.208. The summed E-state index contributed by atoms with van der Waals surface area (Å²) in [6.07, 6.45) is 7.51. The zero-order chi connectivity index (χ0) is 22.0. The van der Waals surface area contributed by atoms with Crippen LogP contribution in [0.3, 0.4) is 0 Å². The van der Waals surface area contributed by atoms with E-state index in [1.54, 1.807) is 18.6 Å². The van der Waals surface area contributed by atoms with Gasteiger partial charge in [-0.3, -0.25) is 9.78 Å². The van der Waals surface area contributed by atoms with Crippen LogP contribution in [-0.2, 0) is 6.42 Å². The highest BCUT2D eigenvalue weighted by Crippen LogP contribution is 2.30. The number of nitrogen functional groups attached to an aromatic ring is 1. The van der Waals surface area contributed by atoms with Crippen LogP contribution in [0.1, 0.15) is 34.0 Å². The highest BCUT2D eigenvalue weighted by molar-refractivity contribution is 6.09. The Morgan fingerprint density at radius 1 is 1.13 bits per heavy atom. The molecule has 0 aliphatic rings. The SMILES string of the molecule is Cc1ccc2nc(-c3cnc(N)nc3)c(C)c(C(=O)N[C@@H](C)Cc3cccnc3)c2c1. The van der Waals surface area contributed by atoms with E-state index in [-0.39, 0.29) is 17.9 Å². The van der Waals surface area contributed by atoms with Crippen molar-refractivity contribution in [2.45, 2.75) is 33.2 Å². The van der Waals surface area contributed by atoms with Crippen molar-refractivity contribution < 1.29 is 4.79 Å². The zero-order valence-corrected chi connectivity index (χ0v) is 17.8. The molecule has 0 aliphatic heterocycles. The predicted octanol–water partition coefficient (Wildman–Crippen LogP) is 3.65. The number of rotatable bonds is 5. The van der Waals surface area contributed by atoms with Crippen molar-refractivity contribution >= 4 is 22.8 Å². The van der Waals surface area contributed by atoms with Crippen molar-refractivity contribution in [1.29, 1.82) is 0 Å².